The molecule has 8 nitrogen and oxygen atoms in total. The Bertz CT molecular complexity index is 1820. The van der Waals surface area contributed by atoms with Crippen molar-refractivity contribution in [3.63, 3.8) is 0 Å². The van der Waals surface area contributed by atoms with Gasteiger partial charge in [0.1, 0.15) is 41.4 Å². The van der Waals surface area contributed by atoms with Crippen molar-refractivity contribution in [1.29, 1.82) is 0 Å². The van der Waals surface area contributed by atoms with Gasteiger partial charge in [-0.05, 0) is 79.1 Å². The molecule has 2 aromatic heterocycles. The quantitative estimate of drug-likeness (QED) is 0.306. The summed E-state index contributed by atoms with van der Waals surface area (Å²) in [6.45, 7) is 4.16. The van der Waals surface area contributed by atoms with Crippen LogP contribution in [0, 0.1) is 17.6 Å². The molecule has 0 amide bonds. The van der Waals surface area contributed by atoms with Gasteiger partial charge in [0.05, 0.1) is 16.5 Å². The van der Waals surface area contributed by atoms with Gasteiger partial charge in [0.25, 0.3) is 0 Å². The maximum atomic E-state index is 16.7. The molecule has 0 bridgehead atoms. The van der Waals surface area contributed by atoms with Crippen LogP contribution in [0.3, 0.4) is 0 Å². The topological polar surface area (TPSA) is 94.8 Å². The Morgan fingerprint density at radius 3 is 2.82 bits per heavy atom. The van der Waals surface area contributed by atoms with E-state index in [0.717, 1.165) is 32.2 Å². The third-order valence-electron chi connectivity index (χ3n) is 10.3. The van der Waals surface area contributed by atoms with E-state index in [0.29, 0.717) is 60.0 Å². The number of phenolic OH excluding ortho intramolecular Hbond substituents is 1. The molecule has 4 fully saturated rings. The van der Waals surface area contributed by atoms with Crippen molar-refractivity contribution < 1.29 is 28.1 Å². The van der Waals surface area contributed by atoms with E-state index in [2.05, 4.69) is 14.9 Å². The van der Waals surface area contributed by atoms with Gasteiger partial charge in [0, 0.05) is 37.8 Å². The number of benzene rings is 2. The maximum Gasteiger partial charge on any atom is 0.319 e. The number of piperidine rings is 1. The van der Waals surface area contributed by atoms with Crippen LogP contribution >= 0.6 is 0 Å². The zero-order valence-electron chi connectivity index (χ0n) is 24.5. The molecule has 2 unspecified atom stereocenters. The molecule has 0 spiro atoms. The molecule has 3 aliphatic heterocycles. The number of aromatic nitrogens is 3. The lowest BCUT2D eigenvalue weighted by atomic mass is 9.94. The van der Waals surface area contributed by atoms with Crippen LogP contribution in [0.2, 0.25) is 0 Å². The van der Waals surface area contributed by atoms with E-state index in [1.807, 2.05) is 11.8 Å². The highest BCUT2D eigenvalue weighted by Gasteiger charge is 2.56. The fourth-order valence-electron chi connectivity index (χ4n) is 8.03. The first kappa shape index (κ1) is 27.8. The van der Waals surface area contributed by atoms with Crippen molar-refractivity contribution in [2.75, 3.05) is 37.7 Å². The van der Waals surface area contributed by atoms with E-state index in [1.54, 1.807) is 6.07 Å². The molecular weight excluding hydrogens is 571 g/mol. The Hall–Kier alpha value is -3.70. The van der Waals surface area contributed by atoms with Crippen LogP contribution in [-0.4, -0.2) is 80.2 Å². The minimum atomic E-state index is -0.923. The van der Waals surface area contributed by atoms with Crippen LogP contribution < -0.4 is 9.64 Å². The normalized spacial score (nSPS) is 28.1. The fourth-order valence-corrected chi connectivity index (χ4v) is 8.03. The molecule has 2 aromatic carbocycles. The first-order valence-electron chi connectivity index (χ1n) is 15.5. The lowest BCUT2D eigenvalue weighted by molar-refractivity contribution is 0.107. The van der Waals surface area contributed by atoms with Crippen molar-refractivity contribution in [3.8, 4) is 23.0 Å². The Morgan fingerprint density at radius 1 is 1.14 bits per heavy atom. The van der Waals surface area contributed by atoms with Crippen molar-refractivity contribution in [1.82, 2.24) is 19.9 Å². The number of aryl methyl sites for hydroxylation is 1. The van der Waals surface area contributed by atoms with Gasteiger partial charge in [0.15, 0.2) is 5.82 Å². The number of ether oxygens (including phenoxy) is 1. The van der Waals surface area contributed by atoms with Crippen LogP contribution in [0.5, 0.6) is 11.8 Å². The number of hydrogen-bond donors (Lipinski definition) is 2. The molecule has 3 saturated heterocycles. The molecular formula is C33H34F3N5O3. The number of phenols is 1. The Balaban J connectivity index is 1.27. The SMILES string of the molecule is CCc1c(F)ccc2cc(O)cc(-c3ncc4c(N5CCC6CC6(O)C5)nc(OC[C@@]56CCCN5C[C@H](F)C6)nc4c3F)c12. The first-order valence-corrected chi connectivity index (χ1v) is 15.5. The number of nitrogens with zero attached hydrogens (tertiary/aromatic N) is 5. The lowest BCUT2D eigenvalue weighted by Crippen LogP contribution is -2.43. The summed E-state index contributed by atoms with van der Waals surface area (Å²) in [4.78, 5) is 17.8. The molecule has 4 atom stereocenters. The van der Waals surface area contributed by atoms with Gasteiger partial charge in [-0.25, -0.2) is 13.2 Å². The molecule has 1 aliphatic carbocycles. The van der Waals surface area contributed by atoms with E-state index in [4.69, 9.17) is 9.72 Å². The monoisotopic (exact) mass is 605 g/mol. The number of hydrogen-bond acceptors (Lipinski definition) is 8. The highest BCUT2D eigenvalue weighted by molar-refractivity contribution is 6.01. The zero-order valence-corrected chi connectivity index (χ0v) is 24.5. The minimum Gasteiger partial charge on any atom is -0.508 e. The average Bonchev–Trinajstić information content (AvgIpc) is 3.38. The predicted octanol–water partition coefficient (Wildman–Crippen LogP) is 5.31. The summed E-state index contributed by atoms with van der Waals surface area (Å²) in [5.74, 6) is -0.603. The predicted molar refractivity (Wildman–Crippen MR) is 160 cm³/mol. The van der Waals surface area contributed by atoms with Gasteiger partial charge >= 0.3 is 6.01 Å². The minimum absolute atomic E-state index is 0.0265. The second-order valence-corrected chi connectivity index (χ2v) is 13.1. The second-order valence-electron chi connectivity index (χ2n) is 13.1. The Labute approximate surface area is 252 Å². The number of aliphatic hydroxyl groups is 1. The number of β-amino-alcohol motifs (C(OH)–C–C–N with tert-alkyl or cyclic N) is 1. The number of rotatable bonds is 6. The number of fused-ring (bicyclic) bond motifs is 4. The third kappa shape index (κ3) is 4.30. The lowest BCUT2D eigenvalue weighted by Gasteiger charge is -2.32. The Morgan fingerprint density at radius 2 is 2.00 bits per heavy atom. The van der Waals surface area contributed by atoms with Crippen molar-refractivity contribution >= 4 is 27.5 Å². The summed E-state index contributed by atoms with van der Waals surface area (Å²) in [7, 11) is 0. The second kappa shape index (κ2) is 9.90. The molecule has 0 radical (unpaired) electrons. The summed E-state index contributed by atoms with van der Waals surface area (Å²) < 4.78 is 52.3. The van der Waals surface area contributed by atoms with Crippen molar-refractivity contribution in [2.45, 2.75) is 62.8 Å². The van der Waals surface area contributed by atoms with Gasteiger partial charge in [0.2, 0.25) is 0 Å². The summed E-state index contributed by atoms with van der Waals surface area (Å²) in [6, 6.07) is 5.78. The summed E-state index contributed by atoms with van der Waals surface area (Å²) in [5, 5.41) is 22.9. The zero-order chi connectivity index (χ0) is 30.4. The van der Waals surface area contributed by atoms with Gasteiger partial charge < -0.3 is 19.8 Å². The van der Waals surface area contributed by atoms with Crippen molar-refractivity contribution in [2.24, 2.45) is 5.92 Å². The third-order valence-corrected chi connectivity index (χ3v) is 10.3. The van der Waals surface area contributed by atoms with Crippen LogP contribution in [0.25, 0.3) is 32.9 Å². The largest absolute Gasteiger partial charge is 0.508 e. The van der Waals surface area contributed by atoms with E-state index in [9.17, 15) is 19.0 Å². The van der Waals surface area contributed by atoms with Gasteiger partial charge in [-0.1, -0.05) is 13.0 Å². The van der Waals surface area contributed by atoms with Crippen LogP contribution in [0.4, 0.5) is 19.0 Å². The number of alkyl halides is 1. The number of aromatic hydroxyl groups is 1. The molecule has 5 heterocycles. The van der Waals surface area contributed by atoms with E-state index >= 15 is 4.39 Å². The van der Waals surface area contributed by atoms with Crippen molar-refractivity contribution in [3.05, 3.63) is 47.7 Å². The molecule has 4 aliphatic rings. The Kier molecular flexibility index (Phi) is 6.26. The number of pyridine rings is 1. The van der Waals surface area contributed by atoms with Crippen LogP contribution in [-0.2, 0) is 6.42 Å². The molecule has 2 N–H and O–H groups in total. The van der Waals surface area contributed by atoms with Crippen LogP contribution in [0.1, 0.15) is 44.6 Å². The first-order chi connectivity index (χ1) is 21.2. The highest BCUT2D eigenvalue weighted by atomic mass is 19.1. The van der Waals surface area contributed by atoms with Gasteiger partial charge in [-0.3, -0.25) is 9.88 Å². The molecule has 4 aromatic rings. The summed E-state index contributed by atoms with van der Waals surface area (Å²) in [5.41, 5.74) is -0.691. The average molecular weight is 606 g/mol. The highest BCUT2D eigenvalue weighted by Crippen LogP contribution is 2.50. The van der Waals surface area contributed by atoms with Gasteiger partial charge in [-0.15, -0.1) is 0 Å². The molecule has 230 valence electrons. The summed E-state index contributed by atoms with van der Waals surface area (Å²) >= 11 is 0. The summed E-state index contributed by atoms with van der Waals surface area (Å²) in [6.07, 6.45) is 4.56. The smallest absolute Gasteiger partial charge is 0.319 e. The van der Waals surface area contributed by atoms with Crippen LogP contribution in [0.15, 0.2) is 30.5 Å². The van der Waals surface area contributed by atoms with E-state index < -0.39 is 28.9 Å². The molecule has 1 saturated carbocycles. The molecule has 44 heavy (non-hydrogen) atoms. The van der Waals surface area contributed by atoms with E-state index in [1.165, 1.54) is 24.4 Å². The molecule has 8 rings (SSSR count). The fraction of sp³-hybridized carbons (Fsp3) is 0.485. The molecule has 11 heteroatoms. The standard InChI is InChI=1S/C33H34F3N5O3/c1-2-22-25(35)5-4-18-10-21(42)11-23(26(18)22)28-27(36)29-24(14-37-28)30(40-9-6-19-12-33(19,43)16-40)39-31(38-29)44-17-32-7-3-8-41(32)15-20(34)13-32/h4-5,10-11,14,19-20,42-43H,2-3,6-9,12-13,15-17H2,1H3/t19?,20-,32+,33?/m1/s1. The maximum absolute atomic E-state index is 16.7. The number of anilines is 1. The van der Waals surface area contributed by atoms with E-state index in [-0.39, 0.29) is 41.1 Å². The number of halogens is 3. The van der Waals surface area contributed by atoms with Gasteiger partial charge in [-0.2, -0.15) is 9.97 Å².